The first-order chi connectivity index (χ1) is 13.9. The number of benzene rings is 1. The van der Waals surface area contributed by atoms with E-state index in [1.807, 2.05) is 37.3 Å². The van der Waals surface area contributed by atoms with E-state index in [0.29, 0.717) is 24.9 Å². The third kappa shape index (κ3) is 3.23. The molecule has 3 heterocycles. The fraction of sp³-hybridized carbons (Fsp3) is 0.348. The lowest BCUT2D eigenvalue weighted by Gasteiger charge is -2.21. The van der Waals surface area contributed by atoms with Crippen molar-refractivity contribution in [1.82, 2.24) is 9.55 Å². The van der Waals surface area contributed by atoms with Gasteiger partial charge >= 0.3 is 5.97 Å². The van der Waals surface area contributed by atoms with Gasteiger partial charge in [0.15, 0.2) is 0 Å². The topological polar surface area (TPSA) is 92.4 Å². The molecular formula is C23H24N2O4. The lowest BCUT2D eigenvalue weighted by Crippen LogP contribution is -2.26. The van der Waals surface area contributed by atoms with Gasteiger partial charge in [-0.3, -0.25) is 9.59 Å². The van der Waals surface area contributed by atoms with Crippen molar-refractivity contribution in [2.45, 2.75) is 45.8 Å². The number of hydrogen-bond donors (Lipinski definition) is 2. The molecule has 0 aliphatic carbocycles. The number of carboxylic acid groups (broad SMARTS) is 1. The number of hydrogen-bond acceptors (Lipinski definition) is 4. The molecule has 4 rings (SSSR count). The van der Waals surface area contributed by atoms with Gasteiger partial charge in [-0.2, -0.15) is 0 Å². The van der Waals surface area contributed by atoms with Crippen LogP contribution in [0.15, 0.2) is 41.2 Å². The van der Waals surface area contributed by atoms with E-state index >= 15 is 0 Å². The number of fused-ring (bicyclic) bond motifs is 4. The lowest BCUT2D eigenvalue weighted by molar-refractivity contribution is -0.141. The monoisotopic (exact) mass is 392 g/mol. The summed E-state index contributed by atoms with van der Waals surface area (Å²) < 4.78 is 1.67. The third-order valence-corrected chi connectivity index (χ3v) is 5.96. The van der Waals surface area contributed by atoms with Crippen LogP contribution >= 0.6 is 0 Å². The highest BCUT2D eigenvalue weighted by atomic mass is 16.4. The zero-order valence-electron chi connectivity index (χ0n) is 16.6. The highest BCUT2D eigenvalue weighted by Crippen LogP contribution is 2.36. The number of pyridine rings is 2. The van der Waals surface area contributed by atoms with Crippen molar-refractivity contribution in [3.63, 3.8) is 0 Å². The Labute approximate surface area is 168 Å². The van der Waals surface area contributed by atoms with Crippen molar-refractivity contribution in [1.29, 1.82) is 0 Å². The first kappa shape index (κ1) is 19.3. The van der Waals surface area contributed by atoms with Crippen molar-refractivity contribution in [2.75, 3.05) is 0 Å². The molecule has 0 saturated heterocycles. The number of para-hydroxylation sites is 1. The van der Waals surface area contributed by atoms with Crippen LogP contribution in [0.5, 0.6) is 0 Å². The Hall–Kier alpha value is -2.99. The van der Waals surface area contributed by atoms with Gasteiger partial charge in [-0.1, -0.05) is 32.0 Å². The lowest BCUT2D eigenvalue weighted by atomic mass is 9.85. The van der Waals surface area contributed by atoms with Crippen LogP contribution in [-0.4, -0.2) is 25.7 Å². The number of carbonyl (C=O) groups is 1. The quantitative estimate of drug-likeness (QED) is 0.524. The van der Waals surface area contributed by atoms with Crippen LogP contribution < -0.4 is 5.56 Å². The van der Waals surface area contributed by atoms with E-state index in [2.05, 4.69) is 6.07 Å². The molecular weight excluding hydrogens is 368 g/mol. The molecule has 2 unspecified atom stereocenters. The van der Waals surface area contributed by atoms with Gasteiger partial charge in [-0.25, -0.2) is 4.98 Å². The van der Waals surface area contributed by atoms with Crippen LogP contribution in [0.2, 0.25) is 0 Å². The summed E-state index contributed by atoms with van der Waals surface area (Å²) in [5.74, 6) is -1.51. The molecule has 0 spiro atoms. The largest absolute Gasteiger partial charge is 0.481 e. The minimum Gasteiger partial charge on any atom is -0.481 e. The Morgan fingerprint density at radius 2 is 2.03 bits per heavy atom. The second-order valence-electron chi connectivity index (χ2n) is 7.78. The van der Waals surface area contributed by atoms with Crippen LogP contribution in [0.3, 0.4) is 0 Å². The SMILES string of the molecule is CCC(CC(C)C(=O)O)c1cc2n(c(=O)c1CO)Cc1cc3ccccc3nc1-2. The average Bonchev–Trinajstić information content (AvgIpc) is 3.07. The first-order valence-electron chi connectivity index (χ1n) is 9.93. The molecule has 1 aliphatic heterocycles. The minimum atomic E-state index is -0.856. The second-order valence-corrected chi connectivity index (χ2v) is 7.78. The van der Waals surface area contributed by atoms with E-state index in [1.165, 1.54) is 0 Å². The zero-order valence-corrected chi connectivity index (χ0v) is 16.6. The van der Waals surface area contributed by atoms with E-state index in [-0.39, 0.29) is 18.1 Å². The number of aliphatic hydroxyl groups is 1. The predicted molar refractivity (Wildman–Crippen MR) is 111 cm³/mol. The summed E-state index contributed by atoms with van der Waals surface area (Å²) in [4.78, 5) is 29.3. The van der Waals surface area contributed by atoms with Crippen LogP contribution in [0, 0.1) is 5.92 Å². The zero-order chi connectivity index (χ0) is 20.7. The highest BCUT2D eigenvalue weighted by molar-refractivity contribution is 5.84. The molecule has 0 radical (unpaired) electrons. The van der Waals surface area contributed by atoms with Gasteiger partial charge < -0.3 is 14.8 Å². The van der Waals surface area contributed by atoms with E-state index < -0.39 is 11.9 Å². The maximum atomic E-state index is 13.2. The number of nitrogens with zero attached hydrogens (tertiary/aromatic N) is 2. The van der Waals surface area contributed by atoms with E-state index in [4.69, 9.17) is 4.98 Å². The Morgan fingerprint density at radius 1 is 1.28 bits per heavy atom. The molecule has 3 aromatic rings. The van der Waals surface area contributed by atoms with Crippen LogP contribution in [0.25, 0.3) is 22.3 Å². The van der Waals surface area contributed by atoms with Crippen LogP contribution in [0.4, 0.5) is 0 Å². The summed E-state index contributed by atoms with van der Waals surface area (Å²) in [5, 5.41) is 20.3. The first-order valence-corrected chi connectivity index (χ1v) is 9.93. The van der Waals surface area contributed by atoms with E-state index in [9.17, 15) is 19.8 Å². The highest BCUT2D eigenvalue weighted by Gasteiger charge is 2.28. The van der Waals surface area contributed by atoms with Crippen molar-refractivity contribution >= 4 is 16.9 Å². The molecule has 29 heavy (non-hydrogen) atoms. The summed E-state index contributed by atoms with van der Waals surface area (Å²) >= 11 is 0. The fourth-order valence-electron chi connectivity index (χ4n) is 4.30. The molecule has 6 heteroatoms. The van der Waals surface area contributed by atoms with Crippen LogP contribution in [0.1, 0.15) is 49.3 Å². The summed E-state index contributed by atoms with van der Waals surface area (Å²) in [6.45, 7) is 3.72. The smallest absolute Gasteiger partial charge is 0.306 e. The summed E-state index contributed by atoms with van der Waals surface area (Å²) in [6, 6.07) is 11.8. The normalized spacial score (nSPS) is 14.4. The minimum absolute atomic E-state index is 0.119. The number of carboxylic acids is 1. The Bertz CT molecular complexity index is 1170. The third-order valence-electron chi connectivity index (χ3n) is 5.96. The number of aliphatic hydroxyl groups excluding tert-OH is 1. The molecule has 1 aromatic carbocycles. The van der Waals surface area contributed by atoms with Gasteiger partial charge in [0.05, 0.1) is 36.0 Å². The number of aromatic nitrogens is 2. The predicted octanol–water partition coefficient (Wildman–Crippen LogP) is 3.52. The summed E-state index contributed by atoms with van der Waals surface area (Å²) in [6.07, 6.45) is 1.10. The van der Waals surface area contributed by atoms with Crippen molar-refractivity contribution in [3.05, 3.63) is 63.4 Å². The average molecular weight is 392 g/mol. The molecule has 0 bridgehead atoms. The second kappa shape index (κ2) is 7.44. The molecule has 0 amide bonds. The van der Waals surface area contributed by atoms with Crippen molar-refractivity contribution in [3.8, 4) is 11.4 Å². The number of rotatable bonds is 6. The van der Waals surface area contributed by atoms with Gasteiger partial charge in [0.2, 0.25) is 0 Å². The molecule has 2 aromatic heterocycles. The Balaban J connectivity index is 1.88. The standard InChI is InChI=1S/C23H24N2O4/c1-3-14(8-13(2)23(28)29)17-10-20-21-16(11-25(20)22(27)18(17)12-26)9-15-6-4-5-7-19(15)24-21/h4-7,9-10,13-14,26H,3,8,11-12H2,1-2H3,(H,28,29). The van der Waals surface area contributed by atoms with Gasteiger partial charge in [0.1, 0.15) is 0 Å². The van der Waals surface area contributed by atoms with Gasteiger partial charge in [0.25, 0.3) is 5.56 Å². The van der Waals surface area contributed by atoms with E-state index in [1.54, 1.807) is 11.5 Å². The van der Waals surface area contributed by atoms with Crippen molar-refractivity contribution < 1.29 is 15.0 Å². The molecule has 1 aliphatic rings. The van der Waals surface area contributed by atoms with E-state index in [0.717, 1.165) is 33.4 Å². The maximum absolute atomic E-state index is 13.2. The molecule has 6 nitrogen and oxygen atoms in total. The fourth-order valence-corrected chi connectivity index (χ4v) is 4.30. The number of aliphatic carboxylic acids is 1. The van der Waals surface area contributed by atoms with Crippen molar-refractivity contribution in [2.24, 2.45) is 5.92 Å². The molecule has 150 valence electrons. The summed E-state index contributed by atoms with van der Waals surface area (Å²) in [5.41, 5.74) is 4.25. The molecule has 0 fully saturated rings. The Morgan fingerprint density at radius 3 is 2.72 bits per heavy atom. The van der Waals surface area contributed by atoms with Crippen LogP contribution in [-0.2, 0) is 17.9 Å². The van der Waals surface area contributed by atoms with Gasteiger partial charge in [0, 0.05) is 16.5 Å². The van der Waals surface area contributed by atoms with Gasteiger partial charge in [-0.15, -0.1) is 0 Å². The van der Waals surface area contributed by atoms with Gasteiger partial charge in [-0.05, 0) is 42.5 Å². The molecule has 2 N–H and O–H groups in total. The maximum Gasteiger partial charge on any atom is 0.306 e. The molecule has 0 saturated carbocycles. The summed E-state index contributed by atoms with van der Waals surface area (Å²) in [7, 11) is 0. The Kier molecular flexibility index (Phi) is 4.96. The molecule has 2 atom stereocenters.